The number of benzene rings is 1. The number of nitrogens with two attached hydrogens (primary N) is 1. The van der Waals surface area contributed by atoms with Crippen LogP contribution in [0.2, 0.25) is 0 Å². The Morgan fingerprint density at radius 1 is 1.33 bits per heavy atom. The molecule has 21 heavy (non-hydrogen) atoms. The summed E-state index contributed by atoms with van der Waals surface area (Å²) >= 11 is 0. The van der Waals surface area contributed by atoms with E-state index >= 15 is 0 Å². The van der Waals surface area contributed by atoms with E-state index in [9.17, 15) is 12.8 Å². The number of nitrogen functional groups attached to an aromatic ring is 1. The summed E-state index contributed by atoms with van der Waals surface area (Å²) in [4.78, 5) is 1.84. The molecule has 1 heterocycles. The largest absolute Gasteiger partial charge is 0.399 e. The third-order valence-electron chi connectivity index (χ3n) is 3.29. The number of nitrogens with one attached hydrogen (secondary N) is 1. The van der Waals surface area contributed by atoms with Gasteiger partial charge in [-0.3, -0.25) is 4.90 Å². The van der Waals surface area contributed by atoms with Gasteiger partial charge < -0.3 is 10.5 Å². The SMILES string of the molecule is Nc1ccc(S(=O)(=O)NCCCN2CCOCC2)c(F)c1. The monoisotopic (exact) mass is 317 g/mol. The van der Waals surface area contributed by atoms with Gasteiger partial charge in [0.2, 0.25) is 10.0 Å². The lowest BCUT2D eigenvalue weighted by Crippen LogP contribution is -2.38. The normalized spacial score (nSPS) is 17.0. The van der Waals surface area contributed by atoms with Crippen LogP contribution in [-0.4, -0.2) is 52.7 Å². The van der Waals surface area contributed by atoms with E-state index in [0.29, 0.717) is 19.6 Å². The number of sulfonamides is 1. The van der Waals surface area contributed by atoms with E-state index < -0.39 is 15.8 Å². The third-order valence-corrected chi connectivity index (χ3v) is 4.79. The van der Waals surface area contributed by atoms with Crippen molar-refractivity contribution in [3.8, 4) is 0 Å². The van der Waals surface area contributed by atoms with Gasteiger partial charge in [-0.15, -0.1) is 0 Å². The van der Waals surface area contributed by atoms with Crippen LogP contribution in [0.4, 0.5) is 10.1 Å². The van der Waals surface area contributed by atoms with Crippen molar-refractivity contribution in [2.45, 2.75) is 11.3 Å². The number of rotatable bonds is 6. The van der Waals surface area contributed by atoms with Crippen LogP contribution < -0.4 is 10.5 Å². The van der Waals surface area contributed by atoms with Gasteiger partial charge >= 0.3 is 0 Å². The highest BCUT2D eigenvalue weighted by Crippen LogP contribution is 2.16. The van der Waals surface area contributed by atoms with Gasteiger partial charge in [0.1, 0.15) is 10.7 Å². The number of hydrogen-bond acceptors (Lipinski definition) is 5. The van der Waals surface area contributed by atoms with Gasteiger partial charge in [0.25, 0.3) is 0 Å². The van der Waals surface area contributed by atoms with E-state index in [1.807, 2.05) is 0 Å². The summed E-state index contributed by atoms with van der Waals surface area (Å²) < 4.78 is 45.2. The Morgan fingerprint density at radius 2 is 2.05 bits per heavy atom. The Labute approximate surface area is 124 Å². The third kappa shape index (κ3) is 4.63. The van der Waals surface area contributed by atoms with E-state index in [0.717, 1.165) is 25.7 Å². The second-order valence-corrected chi connectivity index (χ2v) is 6.63. The van der Waals surface area contributed by atoms with Gasteiger partial charge in [-0.2, -0.15) is 0 Å². The lowest BCUT2D eigenvalue weighted by atomic mass is 10.3. The van der Waals surface area contributed by atoms with Gasteiger partial charge in [-0.05, 0) is 31.2 Å². The van der Waals surface area contributed by atoms with Crippen LogP contribution in [0.3, 0.4) is 0 Å². The van der Waals surface area contributed by atoms with Gasteiger partial charge in [-0.1, -0.05) is 0 Å². The summed E-state index contributed by atoms with van der Waals surface area (Å²) in [5.41, 5.74) is 5.60. The Bertz CT molecular complexity index is 574. The van der Waals surface area contributed by atoms with E-state index in [1.54, 1.807) is 0 Å². The van der Waals surface area contributed by atoms with Crippen LogP contribution in [0.25, 0.3) is 0 Å². The fraction of sp³-hybridized carbons (Fsp3) is 0.538. The second kappa shape index (κ2) is 7.17. The highest BCUT2D eigenvalue weighted by molar-refractivity contribution is 7.89. The maximum Gasteiger partial charge on any atom is 0.243 e. The fourth-order valence-electron chi connectivity index (χ4n) is 2.15. The van der Waals surface area contributed by atoms with Crippen molar-refractivity contribution in [1.82, 2.24) is 9.62 Å². The Morgan fingerprint density at radius 3 is 2.71 bits per heavy atom. The molecule has 0 aromatic heterocycles. The minimum absolute atomic E-state index is 0.193. The summed E-state index contributed by atoms with van der Waals surface area (Å²) in [6.45, 7) is 4.20. The second-order valence-electron chi connectivity index (χ2n) is 4.90. The summed E-state index contributed by atoms with van der Waals surface area (Å²) in [5, 5.41) is 0. The molecule has 8 heteroatoms. The van der Waals surface area contributed by atoms with Crippen LogP contribution in [0.5, 0.6) is 0 Å². The molecule has 0 spiro atoms. The predicted octanol–water partition coefficient (Wildman–Crippen LogP) is 0.408. The number of morpholine rings is 1. The van der Waals surface area contributed by atoms with Crippen molar-refractivity contribution < 1.29 is 17.5 Å². The van der Waals surface area contributed by atoms with Crippen molar-refractivity contribution in [3.05, 3.63) is 24.0 Å². The molecule has 0 saturated carbocycles. The topological polar surface area (TPSA) is 84.7 Å². The Kier molecular flexibility index (Phi) is 5.51. The maximum absolute atomic E-state index is 13.6. The molecule has 1 saturated heterocycles. The lowest BCUT2D eigenvalue weighted by molar-refractivity contribution is 0.0376. The molecule has 0 atom stereocenters. The average molecular weight is 317 g/mol. The molecule has 1 aliphatic rings. The highest BCUT2D eigenvalue weighted by Gasteiger charge is 2.18. The average Bonchev–Trinajstić information content (AvgIpc) is 2.44. The molecule has 0 amide bonds. The van der Waals surface area contributed by atoms with Crippen LogP contribution in [0, 0.1) is 5.82 Å². The number of anilines is 1. The molecule has 118 valence electrons. The van der Waals surface area contributed by atoms with Gasteiger partial charge in [0, 0.05) is 25.3 Å². The van der Waals surface area contributed by atoms with E-state index in [1.165, 1.54) is 12.1 Å². The lowest BCUT2D eigenvalue weighted by Gasteiger charge is -2.26. The maximum atomic E-state index is 13.6. The Balaban J connectivity index is 1.83. The van der Waals surface area contributed by atoms with Crippen LogP contribution in [-0.2, 0) is 14.8 Å². The van der Waals surface area contributed by atoms with E-state index in [2.05, 4.69) is 9.62 Å². The first-order valence-electron chi connectivity index (χ1n) is 6.84. The van der Waals surface area contributed by atoms with E-state index in [-0.39, 0.29) is 17.1 Å². The minimum Gasteiger partial charge on any atom is -0.399 e. The van der Waals surface area contributed by atoms with Gasteiger partial charge in [0.05, 0.1) is 13.2 Å². The summed E-state index contributed by atoms with van der Waals surface area (Å²) in [7, 11) is -3.83. The fourth-order valence-corrected chi connectivity index (χ4v) is 3.28. The molecular weight excluding hydrogens is 297 g/mol. The molecule has 0 aliphatic carbocycles. The summed E-state index contributed by atoms with van der Waals surface area (Å²) in [5.74, 6) is -0.837. The molecule has 1 aromatic carbocycles. The number of hydrogen-bond donors (Lipinski definition) is 2. The predicted molar refractivity (Wildman–Crippen MR) is 77.9 cm³/mol. The van der Waals surface area contributed by atoms with Crippen LogP contribution in [0.15, 0.2) is 23.1 Å². The molecule has 3 N–H and O–H groups in total. The molecule has 1 aliphatic heterocycles. The van der Waals surface area contributed by atoms with Crippen molar-refractivity contribution >= 4 is 15.7 Å². The molecule has 0 bridgehead atoms. The van der Waals surface area contributed by atoms with Gasteiger partial charge in [0.15, 0.2) is 0 Å². The first kappa shape index (κ1) is 16.2. The molecular formula is C13H20FN3O3S. The van der Waals surface area contributed by atoms with E-state index in [4.69, 9.17) is 10.5 Å². The zero-order chi connectivity index (χ0) is 15.3. The molecule has 2 rings (SSSR count). The number of ether oxygens (including phenoxy) is 1. The standard InChI is InChI=1S/C13H20FN3O3S/c14-12-10-11(15)2-3-13(12)21(18,19)16-4-1-5-17-6-8-20-9-7-17/h2-3,10,16H,1,4-9,15H2. The van der Waals surface area contributed by atoms with Crippen molar-refractivity contribution in [2.24, 2.45) is 0 Å². The van der Waals surface area contributed by atoms with Gasteiger partial charge in [-0.25, -0.2) is 17.5 Å². The number of nitrogens with zero attached hydrogens (tertiary/aromatic N) is 1. The van der Waals surface area contributed by atoms with Crippen LogP contribution >= 0.6 is 0 Å². The smallest absolute Gasteiger partial charge is 0.243 e. The molecule has 1 aromatic rings. The zero-order valence-corrected chi connectivity index (χ0v) is 12.5. The van der Waals surface area contributed by atoms with Crippen molar-refractivity contribution in [2.75, 3.05) is 45.1 Å². The van der Waals surface area contributed by atoms with Crippen LogP contribution in [0.1, 0.15) is 6.42 Å². The molecule has 0 unspecified atom stereocenters. The quantitative estimate of drug-likeness (QED) is 0.586. The molecule has 0 radical (unpaired) electrons. The number of halogens is 1. The summed E-state index contributed by atoms with van der Waals surface area (Å²) in [6, 6.07) is 3.54. The van der Waals surface area contributed by atoms with Crippen molar-refractivity contribution in [1.29, 1.82) is 0 Å². The highest BCUT2D eigenvalue weighted by atomic mass is 32.2. The minimum atomic E-state index is -3.83. The summed E-state index contributed by atoms with van der Waals surface area (Å²) in [6.07, 6.45) is 0.663. The molecule has 1 fully saturated rings. The van der Waals surface area contributed by atoms with Crippen molar-refractivity contribution in [3.63, 3.8) is 0 Å². The first-order valence-corrected chi connectivity index (χ1v) is 8.32. The molecule has 6 nitrogen and oxygen atoms in total. The zero-order valence-electron chi connectivity index (χ0n) is 11.7. The first-order chi connectivity index (χ1) is 9.99. The Hall–Kier alpha value is -1.22.